The minimum Gasteiger partial charge on any atom is -0.331 e. The van der Waals surface area contributed by atoms with Gasteiger partial charge in [0.15, 0.2) is 5.15 Å². The molecule has 2 fully saturated rings. The minimum absolute atomic E-state index is 0.0956. The van der Waals surface area contributed by atoms with Crippen LogP contribution in [0.1, 0.15) is 38.6 Å². The molecule has 1 N–H and O–H groups in total. The molecule has 1 aliphatic heterocycles. The monoisotopic (exact) mass is 483 g/mol. The van der Waals surface area contributed by atoms with Crippen molar-refractivity contribution in [3.8, 4) is 0 Å². The van der Waals surface area contributed by atoms with Gasteiger partial charge < -0.3 is 9.88 Å². The van der Waals surface area contributed by atoms with Crippen molar-refractivity contribution in [3.05, 3.63) is 28.8 Å². The van der Waals surface area contributed by atoms with Crippen LogP contribution in [-0.2, 0) is 16.6 Å². The number of hydrogen-bond donors (Lipinski definition) is 1. The van der Waals surface area contributed by atoms with Gasteiger partial charge in [0.25, 0.3) is 0 Å². The summed E-state index contributed by atoms with van der Waals surface area (Å²) in [6.45, 7) is 3.79. The summed E-state index contributed by atoms with van der Waals surface area (Å²) in [6.07, 6.45) is 8.34. The third kappa shape index (κ3) is 3.90. The number of anilines is 2. The first kappa shape index (κ1) is 21.0. The first-order valence-corrected chi connectivity index (χ1v) is 12.6. The summed E-state index contributed by atoms with van der Waals surface area (Å²) in [6, 6.07) is 0.0956. The van der Waals surface area contributed by atoms with E-state index in [4.69, 9.17) is 23.2 Å². The minimum atomic E-state index is -3.12. The zero-order valence-electron chi connectivity index (χ0n) is 17.0. The highest BCUT2D eigenvalue weighted by Gasteiger charge is 2.41. The average Bonchev–Trinajstić information content (AvgIpc) is 3.51. The number of sulfonamides is 1. The van der Waals surface area contributed by atoms with Crippen LogP contribution in [0.25, 0.3) is 11.0 Å². The van der Waals surface area contributed by atoms with E-state index in [0.717, 1.165) is 30.4 Å². The van der Waals surface area contributed by atoms with E-state index in [1.807, 2.05) is 28.6 Å². The molecule has 0 spiro atoms. The van der Waals surface area contributed by atoms with Crippen LogP contribution in [-0.4, -0.2) is 55.4 Å². The van der Waals surface area contributed by atoms with E-state index >= 15 is 0 Å². The fraction of sp³-hybridized carbons (Fsp3) is 0.526. The average molecular weight is 484 g/mol. The summed E-state index contributed by atoms with van der Waals surface area (Å²) in [7, 11) is -3.12. The lowest BCUT2D eigenvalue weighted by atomic mass is 10.1. The molecule has 12 heteroatoms. The van der Waals surface area contributed by atoms with Gasteiger partial charge in [0.1, 0.15) is 5.65 Å². The summed E-state index contributed by atoms with van der Waals surface area (Å²) in [5.41, 5.74) is 1.35. The summed E-state index contributed by atoms with van der Waals surface area (Å²) in [5, 5.41) is 9.14. The van der Waals surface area contributed by atoms with Crippen LogP contribution in [0.4, 0.5) is 11.6 Å². The molecule has 0 unspecified atom stereocenters. The normalized spacial score (nSPS) is 18.7. The summed E-state index contributed by atoms with van der Waals surface area (Å²) in [4.78, 5) is 8.92. The molecule has 0 bridgehead atoms. The first-order chi connectivity index (χ1) is 14.9. The third-order valence-corrected chi connectivity index (χ3v) is 8.92. The van der Waals surface area contributed by atoms with Crippen molar-refractivity contribution in [1.29, 1.82) is 0 Å². The Morgan fingerprint density at radius 1 is 1.16 bits per heavy atom. The molecule has 1 saturated carbocycles. The second-order valence-corrected chi connectivity index (χ2v) is 11.0. The van der Waals surface area contributed by atoms with E-state index in [9.17, 15) is 8.42 Å². The van der Waals surface area contributed by atoms with Crippen molar-refractivity contribution in [3.63, 3.8) is 0 Å². The summed E-state index contributed by atoms with van der Waals surface area (Å²) >= 11 is 12.6. The Labute approximate surface area is 190 Å². The molecule has 1 saturated heterocycles. The highest BCUT2D eigenvalue weighted by molar-refractivity contribution is 7.90. The Kier molecular flexibility index (Phi) is 5.36. The van der Waals surface area contributed by atoms with Gasteiger partial charge in [-0.2, -0.15) is 10.1 Å². The van der Waals surface area contributed by atoms with Crippen LogP contribution in [0.5, 0.6) is 0 Å². The van der Waals surface area contributed by atoms with Gasteiger partial charge in [-0.25, -0.2) is 17.7 Å². The molecule has 4 heterocycles. The van der Waals surface area contributed by atoms with Crippen LogP contribution < -0.4 is 5.32 Å². The van der Waals surface area contributed by atoms with Gasteiger partial charge in [-0.1, -0.05) is 23.2 Å². The highest BCUT2D eigenvalue weighted by Crippen LogP contribution is 2.35. The molecule has 0 atom stereocenters. The number of aromatic nitrogens is 5. The van der Waals surface area contributed by atoms with Crippen molar-refractivity contribution in [2.24, 2.45) is 0 Å². The van der Waals surface area contributed by atoms with Gasteiger partial charge >= 0.3 is 0 Å². The van der Waals surface area contributed by atoms with Gasteiger partial charge in [-0.15, -0.1) is 0 Å². The van der Waals surface area contributed by atoms with E-state index in [0.29, 0.717) is 47.7 Å². The number of rotatable bonds is 6. The molecular formula is C19H23Cl2N7O2S. The standard InChI is InChI=1S/C19H23Cl2N7O2S/c1-2-26-10-15(20)14-9-22-19(24-18(14)26)23-16-11-28(25-17(16)21)12-5-7-27(8-6-12)31(29,30)13-3-4-13/h9-13H,2-8H2,1H3,(H,22,23,24). The Morgan fingerprint density at radius 2 is 1.90 bits per heavy atom. The van der Waals surface area contributed by atoms with Crippen LogP contribution in [0.15, 0.2) is 18.6 Å². The van der Waals surface area contributed by atoms with Crippen LogP contribution in [0, 0.1) is 0 Å². The highest BCUT2D eigenvalue weighted by atomic mass is 35.5. The van der Waals surface area contributed by atoms with E-state index in [-0.39, 0.29) is 11.3 Å². The Hall–Kier alpha value is -1.88. The van der Waals surface area contributed by atoms with Gasteiger partial charge in [0.05, 0.1) is 33.6 Å². The van der Waals surface area contributed by atoms with Gasteiger partial charge in [0, 0.05) is 32.0 Å². The van der Waals surface area contributed by atoms with Crippen molar-refractivity contribution in [1.82, 2.24) is 28.6 Å². The van der Waals surface area contributed by atoms with E-state index in [1.165, 1.54) is 0 Å². The zero-order chi connectivity index (χ0) is 21.8. The van der Waals surface area contributed by atoms with E-state index < -0.39 is 10.0 Å². The zero-order valence-corrected chi connectivity index (χ0v) is 19.3. The van der Waals surface area contributed by atoms with Crippen molar-refractivity contribution >= 4 is 55.9 Å². The molecular weight excluding hydrogens is 461 g/mol. The van der Waals surface area contributed by atoms with E-state index in [2.05, 4.69) is 20.4 Å². The maximum Gasteiger partial charge on any atom is 0.229 e. The molecule has 5 rings (SSSR count). The maximum absolute atomic E-state index is 12.4. The molecule has 0 amide bonds. The fourth-order valence-electron chi connectivity index (χ4n) is 4.03. The van der Waals surface area contributed by atoms with Crippen LogP contribution in [0.3, 0.4) is 0 Å². The van der Waals surface area contributed by atoms with Crippen LogP contribution >= 0.6 is 23.2 Å². The Bertz CT molecular complexity index is 1230. The van der Waals surface area contributed by atoms with Crippen molar-refractivity contribution < 1.29 is 8.42 Å². The lowest BCUT2D eigenvalue weighted by molar-refractivity contribution is 0.261. The van der Waals surface area contributed by atoms with Crippen molar-refractivity contribution in [2.45, 2.75) is 50.4 Å². The van der Waals surface area contributed by atoms with Crippen molar-refractivity contribution in [2.75, 3.05) is 18.4 Å². The molecule has 31 heavy (non-hydrogen) atoms. The Morgan fingerprint density at radius 3 is 2.58 bits per heavy atom. The molecule has 166 valence electrons. The maximum atomic E-state index is 12.4. The smallest absolute Gasteiger partial charge is 0.229 e. The quantitative estimate of drug-likeness (QED) is 0.571. The first-order valence-electron chi connectivity index (χ1n) is 10.4. The summed E-state index contributed by atoms with van der Waals surface area (Å²) in [5.74, 6) is 0.406. The molecule has 2 aliphatic rings. The number of aryl methyl sites for hydroxylation is 1. The number of halogens is 2. The number of piperidine rings is 1. The van der Waals surface area contributed by atoms with E-state index in [1.54, 1.807) is 10.5 Å². The third-order valence-electron chi connectivity index (χ3n) is 5.94. The number of hydrogen-bond acceptors (Lipinski definition) is 6. The second kappa shape index (κ2) is 7.91. The predicted molar refractivity (Wildman–Crippen MR) is 121 cm³/mol. The summed E-state index contributed by atoms with van der Waals surface area (Å²) < 4.78 is 30.3. The lowest BCUT2D eigenvalue weighted by Crippen LogP contribution is -2.40. The number of nitrogens with zero attached hydrogens (tertiary/aromatic N) is 6. The van der Waals surface area contributed by atoms with Crippen LogP contribution in [0.2, 0.25) is 10.2 Å². The predicted octanol–water partition coefficient (Wildman–Crippen LogP) is 3.83. The van der Waals surface area contributed by atoms with Gasteiger partial charge in [-0.3, -0.25) is 4.68 Å². The van der Waals surface area contributed by atoms with Gasteiger partial charge in [-0.05, 0) is 32.6 Å². The molecule has 0 aromatic carbocycles. The second-order valence-electron chi connectivity index (χ2n) is 8.01. The lowest BCUT2D eigenvalue weighted by Gasteiger charge is -2.31. The molecule has 0 radical (unpaired) electrons. The fourth-order valence-corrected chi connectivity index (χ4v) is 6.34. The molecule has 3 aromatic rings. The largest absolute Gasteiger partial charge is 0.331 e. The molecule has 1 aliphatic carbocycles. The Balaban J connectivity index is 1.31. The SMILES string of the molecule is CCn1cc(Cl)c2cnc(Nc3cn(C4CCN(S(=O)(=O)C5CC5)CC4)nc3Cl)nc21. The number of fused-ring (bicyclic) bond motifs is 1. The number of nitrogens with one attached hydrogen (secondary N) is 1. The topological polar surface area (TPSA) is 97.9 Å². The molecule has 3 aromatic heterocycles. The van der Waals surface area contributed by atoms with Gasteiger partial charge in [0.2, 0.25) is 16.0 Å². The molecule has 9 nitrogen and oxygen atoms in total.